The Morgan fingerprint density at radius 3 is 2.64 bits per heavy atom. The van der Waals surface area contributed by atoms with Gasteiger partial charge in [-0.05, 0) is 49.2 Å². The first-order chi connectivity index (χ1) is 16.0. The van der Waals surface area contributed by atoms with E-state index in [0.29, 0.717) is 43.5 Å². The Balaban J connectivity index is 1.81. The van der Waals surface area contributed by atoms with Gasteiger partial charge in [-0.2, -0.15) is 4.98 Å². The number of nitrogens with two attached hydrogens (primary N) is 1. The quantitative estimate of drug-likeness (QED) is 0.402. The lowest BCUT2D eigenvalue weighted by Crippen LogP contribution is -2.26. The van der Waals surface area contributed by atoms with Crippen molar-refractivity contribution in [1.29, 1.82) is 0 Å². The summed E-state index contributed by atoms with van der Waals surface area (Å²) in [6, 6.07) is 13.9. The fourth-order valence-corrected chi connectivity index (χ4v) is 3.85. The summed E-state index contributed by atoms with van der Waals surface area (Å²) in [6.45, 7) is 5.59. The van der Waals surface area contributed by atoms with Crippen LogP contribution in [0, 0.1) is 13.8 Å². The van der Waals surface area contributed by atoms with Crippen molar-refractivity contribution in [3.05, 3.63) is 70.3 Å². The summed E-state index contributed by atoms with van der Waals surface area (Å²) in [7, 11) is 1.75. The monoisotopic (exact) mass is 444 g/mol. The molecule has 170 valence electrons. The normalized spacial score (nSPS) is 11.2. The van der Waals surface area contributed by atoms with Gasteiger partial charge in [-0.3, -0.25) is 14.3 Å². The van der Waals surface area contributed by atoms with E-state index in [0.717, 1.165) is 33.5 Å². The molecule has 3 heterocycles. The van der Waals surface area contributed by atoms with E-state index in [4.69, 9.17) is 10.5 Å². The molecule has 3 N–H and O–H groups in total. The van der Waals surface area contributed by atoms with Gasteiger partial charge in [-0.15, -0.1) is 0 Å². The number of aryl methyl sites for hydroxylation is 2. The topological polar surface area (TPSA) is 108 Å². The van der Waals surface area contributed by atoms with Crippen LogP contribution in [0.5, 0.6) is 0 Å². The molecule has 8 heteroatoms. The van der Waals surface area contributed by atoms with Crippen LogP contribution in [0.15, 0.2) is 53.5 Å². The number of rotatable bonds is 8. The van der Waals surface area contributed by atoms with Gasteiger partial charge in [0.05, 0.1) is 25.5 Å². The molecule has 0 fully saturated rings. The minimum absolute atomic E-state index is 0.121. The van der Waals surface area contributed by atoms with E-state index in [2.05, 4.69) is 26.3 Å². The van der Waals surface area contributed by atoms with Crippen molar-refractivity contribution in [1.82, 2.24) is 19.5 Å². The number of fused-ring (bicyclic) bond motifs is 1. The summed E-state index contributed by atoms with van der Waals surface area (Å²) in [5.41, 5.74) is 11.3. The lowest BCUT2D eigenvalue weighted by atomic mass is 9.97. The molecule has 8 nitrogen and oxygen atoms in total. The summed E-state index contributed by atoms with van der Waals surface area (Å²) in [5.74, 6) is 0.456. The molecule has 0 bridgehead atoms. The molecule has 1 aromatic carbocycles. The minimum Gasteiger partial charge on any atom is -0.378 e. The van der Waals surface area contributed by atoms with Gasteiger partial charge in [0.15, 0.2) is 0 Å². The Kier molecular flexibility index (Phi) is 6.76. The Hall–Kier alpha value is -3.62. The van der Waals surface area contributed by atoms with E-state index in [1.54, 1.807) is 17.8 Å². The number of nitrogens with one attached hydrogen (secondary N) is 1. The molecule has 3 aromatic heterocycles. The highest BCUT2D eigenvalue weighted by molar-refractivity contribution is 5.83. The zero-order valence-electron chi connectivity index (χ0n) is 19.1. The first-order valence-corrected chi connectivity index (χ1v) is 10.9. The molecule has 0 spiro atoms. The van der Waals surface area contributed by atoms with Gasteiger partial charge in [-0.1, -0.05) is 18.2 Å². The van der Waals surface area contributed by atoms with Crippen LogP contribution in [-0.2, 0) is 11.3 Å². The number of pyridine rings is 2. The van der Waals surface area contributed by atoms with Crippen molar-refractivity contribution in [2.24, 2.45) is 5.73 Å². The number of ether oxygens (including phenoxy) is 1. The maximum atomic E-state index is 13.6. The van der Waals surface area contributed by atoms with Gasteiger partial charge in [0.25, 0.3) is 5.56 Å². The Labute approximate surface area is 192 Å². The first kappa shape index (κ1) is 22.6. The average molecular weight is 445 g/mol. The maximum Gasteiger partial charge on any atom is 0.260 e. The zero-order chi connectivity index (χ0) is 23.4. The first-order valence-electron chi connectivity index (χ1n) is 10.9. The Bertz CT molecular complexity index is 1350. The van der Waals surface area contributed by atoms with E-state index in [1.165, 1.54) is 0 Å². The van der Waals surface area contributed by atoms with Crippen LogP contribution in [0.2, 0.25) is 0 Å². The summed E-state index contributed by atoms with van der Waals surface area (Å²) in [6.07, 6.45) is 1.73. The molecule has 33 heavy (non-hydrogen) atoms. The summed E-state index contributed by atoms with van der Waals surface area (Å²) in [5, 5.41) is 3.72. The van der Waals surface area contributed by atoms with Crippen molar-refractivity contribution < 1.29 is 4.74 Å². The van der Waals surface area contributed by atoms with Gasteiger partial charge in [-0.25, -0.2) is 4.98 Å². The molecule has 4 rings (SSSR count). The summed E-state index contributed by atoms with van der Waals surface area (Å²) >= 11 is 0. The molecule has 0 aliphatic carbocycles. The predicted octanol–water partition coefficient (Wildman–Crippen LogP) is 3.15. The highest BCUT2D eigenvalue weighted by atomic mass is 16.5. The van der Waals surface area contributed by atoms with E-state index >= 15 is 0 Å². The molecular weight excluding hydrogens is 416 g/mol. The van der Waals surface area contributed by atoms with E-state index in [9.17, 15) is 4.79 Å². The molecule has 4 aromatic rings. The SMILES string of the molecule is CNc1ncc2cc(-c3ccc(-c4cccc(C)n4)cc3C)c(=O)n(CCOCCN)c2n1. The lowest BCUT2D eigenvalue weighted by Gasteiger charge is -2.15. The highest BCUT2D eigenvalue weighted by Crippen LogP contribution is 2.28. The summed E-state index contributed by atoms with van der Waals surface area (Å²) in [4.78, 5) is 27.1. The van der Waals surface area contributed by atoms with Crippen molar-refractivity contribution in [2.45, 2.75) is 20.4 Å². The average Bonchev–Trinajstić information content (AvgIpc) is 2.82. The third-order valence-corrected chi connectivity index (χ3v) is 5.47. The van der Waals surface area contributed by atoms with Crippen LogP contribution in [-0.4, -0.2) is 46.3 Å². The van der Waals surface area contributed by atoms with Gasteiger partial charge in [0, 0.05) is 42.0 Å². The van der Waals surface area contributed by atoms with Gasteiger partial charge >= 0.3 is 0 Å². The van der Waals surface area contributed by atoms with Gasteiger partial charge in [0.2, 0.25) is 5.95 Å². The maximum absolute atomic E-state index is 13.6. The van der Waals surface area contributed by atoms with Crippen LogP contribution < -0.4 is 16.6 Å². The van der Waals surface area contributed by atoms with Crippen LogP contribution in [0.3, 0.4) is 0 Å². The third-order valence-electron chi connectivity index (χ3n) is 5.47. The number of hydrogen-bond acceptors (Lipinski definition) is 7. The fraction of sp³-hybridized carbons (Fsp3) is 0.280. The summed E-state index contributed by atoms with van der Waals surface area (Å²) < 4.78 is 7.19. The van der Waals surface area contributed by atoms with Crippen molar-refractivity contribution in [3.63, 3.8) is 0 Å². The predicted molar refractivity (Wildman–Crippen MR) is 131 cm³/mol. The molecule has 0 aliphatic rings. The van der Waals surface area contributed by atoms with Crippen LogP contribution in [0.4, 0.5) is 5.95 Å². The van der Waals surface area contributed by atoms with E-state index in [1.807, 2.05) is 50.2 Å². The van der Waals surface area contributed by atoms with Crippen LogP contribution in [0.1, 0.15) is 11.3 Å². The molecule has 0 saturated carbocycles. The number of benzene rings is 1. The van der Waals surface area contributed by atoms with Crippen LogP contribution >= 0.6 is 0 Å². The molecule has 0 atom stereocenters. The number of hydrogen-bond donors (Lipinski definition) is 2. The van der Waals surface area contributed by atoms with Crippen LogP contribution in [0.25, 0.3) is 33.4 Å². The number of aromatic nitrogens is 4. The molecule has 0 saturated heterocycles. The molecule has 0 radical (unpaired) electrons. The van der Waals surface area contributed by atoms with Gasteiger partial charge < -0.3 is 15.8 Å². The Morgan fingerprint density at radius 2 is 1.91 bits per heavy atom. The molecule has 0 unspecified atom stereocenters. The molecule has 0 aliphatic heterocycles. The molecule has 0 amide bonds. The largest absolute Gasteiger partial charge is 0.378 e. The van der Waals surface area contributed by atoms with E-state index < -0.39 is 0 Å². The van der Waals surface area contributed by atoms with E-state index in [-0.39, 0.29) is 5.56 Å². The number of anilines is 1. The second kappa shape index (κ2) is 9.89. The lowest BCUT2D eigenvalue weighted by molar-refractivity contribution is 0.133. The molecular formula is C25H28N6O2. The Morgan fingerprint density at radius 1 is 1.06 bits per heavy atom. The second-order valence-corrected chi connectivity index (χ2v) is 7.83. The minimum atomic E-state index is -0.121. The highest BCUT2D eigenvalue weighted by Gasteiger charge is 2.15. The van der Waals surface area contributed by atoms with Crippen molar-refractivity contribution >= 4 is 17.0 Å². The number of nitrogens with zero attached hydrogens (tertiary/aromatic N) is 4. The third kappa shape index (κ3) is 4.76. The zero-order valence-corrected chi connectivity index (χ0v) is 19.1. The van der Waals surface area contributed by atoms with Crippen molar-refractivity contribution in [3.8, 4) is 22.4 Å². The smallest absolute Gasteiger partial charge is 0.260 e. The van der Waals surface area contributed by atoms with Gasteiger partial charge in [0.1, 0.15) is 5.65 Å². The fourth-order valence-electron chi connectivity index (χ4n) is 3.85. The van der Waals surface area contributed by atoms with Crippen molar-refractivity contribution in [2.75, 3.05) is 32.1 Å². The standard InChI is InChI=1S/C25H28N6O2/c1-16-13-18(22-6-4-5-17(2)29-22)7-8-20(16)21-14-19-15-28-25(27-3)30-23(19)31(24(21)32)10-12-33-11-9-26/h4-8,13-15H,9-12,26H2,1-3H3,(H,27,28,30). The second-order valence-electron chi connectivity index (χ2n) is 7.83.